The number of nitrogens with one attached hydrogen (secondary N) is 2. The zero-order chi connectivity index (χ0) is 27.7. The van der Waals surface area contributed by atoms with Crippen molar-refractivity contribution in [1.29, 1.82) is 0 Å². The van der Waals surface area contributed by atoms with Crippen LogP contribution in [0.2, 0.25) is 5.02 Å². The van der Waals surface area contributed by atoms with Crippen molar-refractivity contribution < 1.29 is 19.1 Å². The average molecular weight is 561 g/mol. The van der Waals surface area contributed by atoms with Gasteiger partial charge in [-0.25, -0.2) is 4.79 Å². The monoisotopic (exact) mass is 560 g/mol. The van der Waals surface area contributed by atoms with Gasteiger partial charge in [0.1, 0.15) is 17.6 Å². The zero-order valence-corrected chi connectivity index (χ0v) is 22.7. The topological polar surface area (TPSA) is 108 Å². The molecule has 8 nitrogen and oxygen atoms in total. The number of pyridine rings is 1. The average Bonchev–Trinajstić information content (AvgIpc) is 3.54. The first-order valence-corrected chi connectivity index (χ1v) is 13.1. The van der Waals surface area contributed by atoms with Gasteiger partial charge in [-0.2, -0.15) is 0 Å². The second-order valence-corrected chi connectivity index (χ2v) is 10.2. The highest BCUT2D eigenvalue weighted by Gasteiger charge is 2.43. The molecule has 0 aliphatic carbocycles. The second kappa shape index (κ2) is 10.9. The molecule has 0 bridgehead atoms. The number of carbonyl (C=O) groups excluding carboxylic acids is 1. The predicted molar refractivity (Wildman–Crippen MR) is 154 cm³/mol. The summed E-state index contributed by atoms with van der Waals surface area (Å²) in [6, 6.07) is 20.4. The number of rotatable bonds is 7. The Bertz CT molecular complexity index is 1560. The van der Waals surface area contributed by atoms with E-state index in [1.807, 2.05) is 35.2 Å². The maximum atomic E-state index is 12.2. The van der Waals surface area contributed by atoms with Crippen molar-refractivity contribution in [3.63, 3.8) is 0 Å². The van der Waals surface area contributed by atoms with Crippen molar-refractivity contribution in [3.05, 3.63) is 101 Å². The number of hydrogen-bond acceptors (Lipinski definition) is 5. The number of carbonyl (C=O) groups is 2. The van der Waals surface area contributed by atoms with Crippen LogP contribution in [-0.4, -0.2) is 27.1 Å². The smallest absolute Gasteiger partial charge is 0.336 e. The Morgan fingerprint density at radius 3 is 2.56 bits per heavy atom. The molecule has 1 aliphatic heterocycles. The van der Waals surface area contributed by atoms with Gasteiger partial charge in [-0.3, -0.25) is 9.78 Å². The van der Waals surface area contributed by atoms with Crippen LogP contribution in [-0.2, 0) is 4.79 Å². The third kappa shape index (κ3) is 5.23. The van der Waals surface area contributed by atoms with Crippen LogP contribution >= 0.6 is 23.8 Å². The van der Waals surface area contributed by atoms with Gasteiger partial charge < -0.3 is 25.1 Å². The van der Waals surface area contributed by atoms with Crippen LogP contribution in [0.4, 0.5) is 11.4 Å². The van der Waals surface area contributed by atoms with E-state index in [2.05, 4.69) is 15.6 Å². The summed E-state index contributed by atoms with van der Waals surface area (Å²) >= 11 is 12.4. The van der Waals surface area contributed by atoms with Crippen LogP contribution < -0.4 is 15.5 Å². The maximum absolute atomic E-state index is 12.2. The molecule has 0 radical (unpaired) electrons. The Kier molecular flexibility index (Phi) is 7.36. The van der Waals surface area contributed by atoms with Crippen molar-refractivity contribution in [1.82, 2.24) is 10.3 Å². The van der Waals surface area contributed by atoms with Crippen LogP contribution in [0.25, 0.3) is 11.3 Å². The van der Waals surface area contributed by atoms with Crippen molar-refractivity contribution in [2.75, 3.05) is 10.2 Å². The fraction of sp³-hybridized carbons (Fsp3) is 0.172. The number of carboxylic acid groups (broad SMARTS) is 1. The number of carboxylic acids is 1. The van der Waals surface area contributed by atoms with Gasteiger partial charge in [-0.15, -0.1) is 0 Å². The van der Waals surface area contributed by atoms with E-state index in [-0.39, 0.29) is 23.4 Å². The molecule has 1 aliphatic rings. The number of anilines is 2. The first-order valence-electron chi connectivity index (χ1n) is 12.3. The Balaban J connectivity index is 1.57. The largest absolute Gasteiger partial charge is 0.478 e. The molecule has 39 heavy (non-hydrogen) atoms. The maximum Gasteiger partial charge on any atom is 0.336 e. The molecule has 1 saturated heterocycles. The fourth-order valence-corrected chi connectivity index (χ4v) is 5.06. The van der Waals surface area contributed by atoms with Crippen LogP contribution in [0, 0.1) is 5.92 Å². The lowest BCUT2D eigenvalue weighted by Crippen LogP contribution is -2.29. The number of amides is 1. The minimum atomic E-state index is -1.04. The lowest BCUT2D eigenvalue weighted by molar-refractivity contribution is -0.118. The zero-order valence-electron chi connectivity index (χ0n) is 21.1. The summed E-state index contributed by atoms with van der Waals surface area (Å²) in [5, 5.41) is 16.7. The Labute approximate surface area is 235 Å². The molecule has 4 aromatic rings. The predicted octanol–water partition coefficient (Wildman–Crippen LogP) is 6.46. The normalized spacial score (nSPS) is 16.8. The van der Waals surface area contributed by atoms with Crippen molar-refractivity contribution >= 4 is 52.2 Å². The van der Waals surface area contributed by atoms with Gasteiger partial charge in [0.15, 0.2) is 5.11 Å². The Morgan fingerprint density at radius 1 is 1.10 bits per heavy atom. The summed E-state index contributed by atoms with van der Waals surface area (Å²) in [6.07, 6.45) is 1.71. The molecule has 2 atom stereocenters. The van der Waals surface area contributed by atoms with Crippen molar-refractivity contribution in [3.8, 4) is 11.3 Å². The van der Waals surface area contributed by atoms with Gasteiger partial charge >= 0.3 is 5.97 Å². The summed E-state index contributed by atoms with van der Waals surface area (Å²) in [5.41, 5.74) is 2.55. The minimum Gasteiger partial charge on any atom is -0.478 e. The number of furan rings is 1. The highest BCUT2D eigenvalue weighted by Crippen LogP contribution is 2.44. The van der Waals surface area contributed by atoms with E-state index in [1.165, 1.54) is 6.07 Å². The van der Waals surface area contributed by atoms with Crippen molar-refractivity contribution in [2.24, 2.45) is 5.92 Å². The van der Waals surface area contributed by atoms with E-state index in [0.717, 1.165) is 5.69 Å². The number of thiocarbonyl (C=S) groups is 1. The van der Waals surface area contributed by atoms with E-state index < -0.39 is 12.0 Å². The number of aromatic nitrogens is 1. The summed E-state index contributed by atoms with van der Waals surface area (Å²) in [4.78, 5) is 30.5. The lowest BCUT2D eigenvalue weighted by Gasteiger charge is -2.26. The molecule has 1 fully saturated rings. The molecule has 3 N–H and O–H groups in total. The third-order valence-electron chi connectivity index (χ3n) is 6.45. The first-order chi connectivity index (χ1) is 18.7. The third-order valence-corrected chi connectivity index (χ3v) is 7.08. The summed E-state index contributed by atoms with van der Waals surface area (Å²) in [5.74, 6) is -0.397. The SMILES string of the molecule is CC(C)C(=O)Nc1ccc(N2C(=S)NC(c3ccccn3)C2c2ccc(-c3ccccc3C(=O)O)o2)cc1Cl. The lowest BCUT2D eigenvalue weighted by atomic mass is 10.0. The molecule has 3 heterocycles. The number of aromatic carboxylic acids is 1. The van der Waals surface area contributed by atoms with Gasteiger partial charge in [0.05, 0.1) is 28.0 Å². The Hall–Kier alpha value is -4.21. The van der Waals surface area contributed by atoms with Gasteiger partial charge in [0.2, 0.25) is 5.91 Å². The van der Waals surface area contributed by atoms with Gasteiger partial charge in [0, 0.05) is 23.4 Å². The molecular formula is C29H25ClN4O4S. The molecule has 198 valence electrons. The van der Waals surface area contributed by atoms with Crippen LogP contribution in [0.5, 0.6) is 0 Å². The van der Waals surface area contributed by atoms with Crippen molar-refractivity contribution in [2.45, 2.75) is 25.9 Å². The van der Waals surface area contributed by atoms with E-state index in [0.29, 0.717) is 38.6 Å². The molecule has 1 amide bonds. The molecule has 2 unspecified atom stereocenters. The van der Waals surface area contributed by atoms with E-state index in [9.17, 15) is 14.7 Å². The molecular weight excluding hydrogens is 536 g/mol. The second-order valence-electron chi connectivity index (χ2n) is 9.36. The van der Waals surface area contributed by atoms with E-state index in [4.69, 9.17) is 28.2 Å². The molecule has 0 spiro atoms. The Morgan fingerprint density at radius 2 is 1.87 bits per heavy atom. The molecule has 2 aromatic heterocycles. The molecule has 5 rings (SSSR count). The van der Waals surface area contributed by atoms with Crippen LogP contribution in [0.15, 0.2) is 83.4 Å². The van der Waals surface area contributed by atoms with Gasteiger partial charge in [-0.05, 0) is 60.7 Å². The molecule has 10 heteroatoms. The number of hydrogen-bond donors (Lipinski definition) is 3. The van der Waals surface area contributed by atoms with E-state index in [1.54, 1.807) is 56.4 Å². The fourth-order valence-electron chi connectivity index (χ4n) is 4.50. The van der Waals surface area contributed by atoms with Gasteiger partial charge in [0.25, 0.3) is 0 Å². The summed E-state index contributed by atoms with van der Waals surface area (Å²) in [6.45, 7) is 3.61. The highest BCUT2D eigenvalue weighted by atomic mass is 35.5. The van der Waals surface area contributed by atoms with E-state index >= 15 is 0 Å². The highest BCUT2D eigenvalue weighted by molar-refractivity contribution is 7.80. The van der Waals surface area contributed by atoms with Crippen LogP contribution in [0.3, 0.4) is 0 Å². The standard InChI is InChI=1S/C29H25ClN4O4S/c1-16(2)27(35)32-21-11-10-17(15-20(21)30)34-26(25(33-29(34)39)22-9-5-6-14-31-22)24-13-12-23(38-24)18-7-3-4-8-19(18)28(36)37/h3-16,25-26H,1-2H3,(H,32,35)(H,33,39)(H,36,37). The summed E-state index contributed by atoms with van der Waals surface area (Å²) < 4.78 is 6.31. The quantitative estimate of drug-likeness (QED) is 0.221. The van der Waals surface area contributed by atoms with Crippen LogP contribution in [0.1, 0.15) is 47.7 Å². The number of benzene rings is 2. The van der Waals surface area contributed by atoms with Gasteiger partial charge in [-0.1, -0.05) is 49.7 Å². The number of halogens is 1. The molecule has 2 aromatic carbocycles. The minimum absolute atomic E-state index is 0.138. The molecule has 0 saturated carbocycles. The summed E-state index contributed by atoms with van der Waals surface area (Å²) in [7, 11) is 0. The number of nitrogens with zero attached hydrogens (tertiary/aromatic N) is 2. The first kappa shape index (κ1) is 26.4.